The van der Waals surface area contributed by atoms with Gasteiger partial charge in [0.2, 0.25) is 0 Å². The second-order valence-corrected chi connectivity index (χ2v) is 8.12. The molecule has 0 bridgehead atoms. The van der Waals surface area contributed by atoms with Crippen molar-refractivity contribution in [2.24, 2.45) is 5.73 Å². The van der Waals surface area contributed by atoms with Gasteiger partial charge in [-0.2, -0.15) is 0 Å². The summed E-state index contributed by atoms with van der Waals surface area (Å²) in [6.07, 6.45) is 0. The molecule has 2 N–H and O–H groups in total. The van der Waals surface area contributed by atoms with Crippen LogP contribution < -0.4 is 10.6 Å². The third kappa shape index (κ3) is 3.61. The van der Waals surface area contributed by atoms with Crippen molar-refractivity contribution in [3.63, 3.8) is 0 Å². The van der Waals surface area contributed by atoms with E-state index in [1.807, 2.05) is 84.9 Å². The predicted octanol–water partition coefficient (Wildman–Crippen LogP) is 5.13. The van der Waals surface area contributed by atoms with Crippen molar-refractivity contribution in [1.82, 2.24) is 0 Å². The number of carbonyl (C=O) groups is 1. The van der Waals surface area contributed by atoms with E-state index in [9.17, 15) is 4.79 Å². The van der Waals surface area contributed by atoms with Crippen molar-refractivity contribution >= 4 is 34.8 Å². The molecule has 0 aromatic heterocycles. The normalized spacial score (nSPS) is 22.0. The first-order valence-electron chi connectivity index (χ1n) is 8.74. The molecule has 1 aliphatic rings. The van der Waals surface area contributed by atoms with Gasteiger partial charge in [-0.1, -0.05) is 78.3 Å². The molecule has 1 fully saturated rings. The van der Waals surface area contributed by atoms with Crippen LogP contribution in [0.4, 0.5) is 5.69 Å². The Bertz CT molecular complexity index is 935. The standard InChI is InChI=1S/C22H19ClN2OS/c23-17-12-7-13-18(14-17)25-19(15-8-3-1-4-9-15)21(27-22(25)24)20(26)16-10-5-2-6-11-16/h1-14,19,21-22H,24H2/t19-,21+,22?/m0/s1. The summed E-state index contributed by atoms with van der Waals surface area (Å²) in [5, 5.41) is 0.345. The Morgan fingerprint density at radius 1 is 0.926 bits per heavy atom. The van der Waals surface area contributed by atoms with Crippen molar-refractivity contribution in [2.75, 3.05) is 4.90 Å². The molecule has 0 aliphatic carbocycles. The van der Waals surface area contributed by atoms with Gasteiger partial charge in [0.05, 0.1) is 11.3 Å². The van der Waals surface area contributed by atoms with E-state index in [4.69, 9.17) is 17.3 Å². The van der Waals surface area contributed by atoms with Gasteiger partial charge >= 0.3 is 0 Å². The molecular weight excluding hydrogens is 376 g/mol. The first-order chi connectivity index (χ1) is 13.1. The molecule has 1 saturated heterocycles. The average molecular weight is 395 g/mol. The highest BCUT2D eigenvalue weighted by Crippen LogP contribution is 2.46. The van der Waals surface area contributed by atoms with Crippen LogP contribution in [0.15, 0.2) is 84.9 Å². The van der Waals surface area contributed by atoms with Crippen LogP contribution in [-0.4, -0.2) is 16.5 Å². The van der Waals surface area contributed by atoms with Gasteiger partial charge in [0, 0.05) is 16.3 Å². The summed E-state index contributed by atoms with van der Waals surface area (Å²) < 4.78 is 0. The third-order valence-electron chi connectivity index (χ3n) is 4.71. The number of hydrogen-bond donors (Lipinski definition) is 1. The van der Waals surface area contributed by atoms with Gasteiger partial charge in [-0.3, -0.25) is 4.79 Å². The molecule has 3 aromatic rings. The fourth-order valence-corrected chi connectivity index (χ4v) is 5.06. The molecule has 0 radical (unpaired) electrons. The molecule has 1 unspecified atom stereocenters. The van der Waals surface area contributed by atoms with E-state index in [0.29, 0.717) is 10.6 Å². The Morgan fingerprint density at radius 3 is 2.26 bits per heavy atom. The van der Waals surface area contributed by atoms with Gasteiger partial charge in [-0.05, 0) is 23.8 Å². The maximum Gasteiger partial charge on any atom is 0.178 e. The molecule has 0 saturated carbocycles. The number of Topliss-reactive ketones (excluding diaryl/α,β-unsaturated/α-hetero) is 1. The maximum absolute atomic E-state index is 13.3. The van der Waals surface area contributed by atoms with Crippen molar-refractivity contribution in [3.8, 4) is 0 Å². The third-order valence-corrected chi connectivity index (χ3v) is 6.22. The molecule has 3 aromatic carbocycles. The van der Waals surface area contributed by atoms with E-state index in [2.05, 4.69) is 4.90 Å². The lowest BCUT2D eigenvalue weighted by Gasteiger charge is -2.31. The van der Waals surface area contributed by atoms with Crippen LogP contribution in [0.25, 0.3) is 0 Å². The van der Waals surface area contributed by atoms with Crippen LogP contribution >= 0.6 is 23.4 Å². The number of nitrogens with zero attached hydrogens (tertiary/aromatic N) is 1. The van der Waals surface area contributed by atoms with Gasteiger partial charge in [0.1, 0.15) is 5.50 Å². The molecule has 0 spiro atoms. The summed E-state index contributed by atoms with van der Waals surface area (Å²) in [4.78, 5) is 15.4. The van der Waals surface area contributed by atoms with E-state index in [-0.39, 0.29) is 22.6 Å². The predicted molar refractivity (Wildman–Crippen MR) is 113 cm³/mol. The number of hydrogen-bond acceptors (Lipinski definition) is 4. The summed E-state index contributed by atoms with van der Waals surface area (Å²) in [6.45, 7) is 0. The average Bonchev–Trinajstić information content (AvgIpc) is 3.06. The minimum atomic E-state index is -0.341. The molecule has 3 nitrogen and oxygen atoms in total. The number of rotatable bonds is 4. The molecular formula is C22H19ClN2OS. The van der Waals surface area contributed by atoms with E-state index in [0.717, 1.165) is 11.3 Å². The van der Waals surface area contributed by atoms with Crippen LogP contribution in [0.5, 0.6) is 0 Å². The Kier molecular flexibility index (Phi) is 5.21. The molecule has 0 amide bonds. The zero-order valence-electron chi connectivity index (χ0n) is 14.5. The number of carbonyl (C=O) groups excluding carboxylic acids is 1. The van der Waals surface area contributed by atoms with Crippen LogP contribution in [0.1, 0.15) is 22.0 Å². The summed E-state index contributed by atoms with van der Waals surface area (Å²) in [5.74, 6) is 0.0921. The Morgan fingerprint density at radius 2 is 1.59 bits per heavy atom. The minimum Gasteiger partial charge on any atom is -0.339 e. The van der Waals surface area contributed by atoms with E-state index < -0.39 is 0 Å². The molecule has 136 valence electrons. The Labute approximate surface area is 168 Å². The molecule has 4 rings (SSSR count). The summed E-state index contributed by atoms with van der Waals surface area (Å²) in [7, 11) is 0. The van der Waals surface area contributed by atoms with Crippen molar-refractivity contribution in [1.29, 1.82) is 0 Å². The summed E-state index contributed by atoms with van der Waals surface area (Å²) in [5.41, 5.74) is 8.83. The van der Waals surface area contributed by atoms with Crippen LogP contribution in [0, 0.1) is 0 Å². The second kappa shape index (κ2) is 7.77. The number of halogens is 1. The van der Waals surface area contributed by atoms with Gasteiger partial charge < -0.3 is 10.6 Å². The van der Waals surface area contributed by atoms with E-state index >= 15 is 0 Å². The van der Waals surface area contributed by atoms with Gasteiger partial charge in [-0.15, -0.1) is 11.8 Å². The zero-order valence-corrected chi connectivity index (χ0v) is 16.1. The number of anilines is 1. The summed E-state index contributed by atoms with van der Waals surface area (Å²) >= 11 is 7.71. The summed E-state index contributed by atoms with van der Waals surface area (Å²) in [6, 6.07) is 26.9. The number of benzene rings is 3. The quantitative estimate of drug-likeness (QED) is 0.623. The SMILES string of the molecule is NC1S[C@@H](C(=O)c2ccccc2)[C@H](c2ccccc2)N1c1cccc(Cl)c1. The van der Waals surface area contributed by atoms with Gasteiger partial charge in [0.25, 0.3) is 0 Å². The minimum absolute atomic E-state index is 0.0921. The van der Waals surface area contributed by atoms with Gasteiger partial charge in [-0.25, -0.2) is 0 Å². The molecule has 5 heteroatoms. The van der Waals surface area contributed by atoms with E-state index in [1.165, 1.54) is 11.8 Å². The lowest BCUT2D eigenvalue weighted by Crippen LogP contribution is -2.38. The Hall–Kier alpha value is -2.27. The van der Waals surface area contributed by atoms with Crippen LogP contribution in [-0.2, 0) is 0 Å². The fraction of sp³-hybridized carbons (Fsp3) is 0.136. The maximum atomic E-state index is 13.3. The highest BCUT2D eigenvalue weighted by molar-refractivity contribution is 8.01. The topological polar surface area (TPSA) is 46.3 Å². The lowest BCUT2D eigenvalue weighted by atomic mass is 9.96. The molecule has 27 heavy (non-hydrogen) atoms. The molecule has 1 heterocycles. The number of thioether (sulfide) groups is 1. The van der Waals surface area contributed by atoms with Crippen LogP contribution in [0.3, 0.4) is 0 Å². The smallest absolute Gasteiger partial charge is 0.178 e. The number of ketones is 1. The largest absolute Gasteiger partial charge is 0.339 e. The molecule has 1 aliphatic heterocycles. The fourth-order valence-electron chi connectivity index (χ4n) is 3.50. The number of nitrogens with two attached hydrogens (primary N) is 1. The second-order valence-electron chi connectivity index (χ2n) is 6.42. The lowest BCUT2D eigenvalue weighted by molar-refractivity contribution is 0.0983. The highest BCUT2D eigenvalue weighted by Gasteiger charge is 2.45. The van der Waals surface area contributed by atoms with Crippen molar-refractivity contribution in [3.05, 3.63) is 101 Å². The Balaban J connectivity index is 1.79. The monoisotopic (exact) mass is 394 g/mol. The first-order valence-corrected chi connectivity index (χ1v) is 10.1. The highest BCUT2D eigenvalue weighted by atomic mass is 35.5. The molecule has 3 atom stereocenters. The zero-order chi connectivity index (χ0) is 18.8. The van der Waals surface area contributed by atoms with Crippen LogP contribution in [0.2, 0.25) is 5.02 Å². The first kappa shape index (κ1) is 18.1. The van der Waals surface area contributed by atoms with Gasteiger partial charge in [0.15, 0.2) is 5.78 Å². The van der Waals surface area contributed by atoms with Crippen molar-refractivity contribution in [2.45, 2.75) is 16.8 Å². The van der Waals surface area contributed by atoms with Crippen molar-refractivity contribution < 1.29 is 4.79 Å². The van der Waals surface area contributed by atoms with E-state index in [1.54, 1.807) is 0 Å².